The third-order valence-electron chi connectivity index (χ3n) is 6.54. The molecule has 9 heteroatoms. The smallest absolute Gasteiger partial charge is 0.295 e. The van der Waals surface area contributed by atoms with Gasteiger partial charge in [0.15, 0.2) is 11.5 Å². The van der Waals surface area contributed by atoms with Crippen molar-refractivity contribution in [3.63, 3.8) is 0 Å². The number of ether oxygens (including phenoxy) is 2. The predicted molar refractivity (Wildman–Crippen MR) is 140 cm³/mol. The molecule has 1 aromatic heterocycles. The Morgan fingerprint density at radius 1 is 1.05 bits per heavy atom. The number of aliphatic hydroxyl groups is 1. The van der Waals surface area contributed by atoms with Crippen molar-refractivity contribution in [2.45, 2.75) is 19.4 Å². The van der Waals surface area contributed by atoms with Crippen LogP contribution in [-0.4, -0.2) is 77.8 Å². The largest absolute Gasteiger partial charge is 0.507 e. The van der Waals surface area contributed by atoms with Crippen LogP contribution in [0.4, 0.5) is 0 Å². The summed E-state index contributed by atoms with van der Waals surface area (Å²) in [5.74, 6) is -0.820. The molecule has 0 saturated carbocycles. The average Bonchev–Trinajstić information content (AvgIpc) is 3.40. The molecular formula is C28H32N4O5. The maximum atomic E-state index is 13.4. The molecule has 1 aliphatic heterocycles. The van der Waals surface area contributed by atoms with E-state index in [0.29, 0.717) is 41.3 Å². The Labute approximate surface area is 216 Å². The Morgan fingerprint density at radius 2 is 1.78 bits per heavy atom. The Balaban J connectivity index is 1.88. The summed E-state index contributed by atoms with van der Waals surface area (Å²) in [6.07, 6.45) is 2.16. The number of carbonyl (C=O) groups excluding carboxylic acids is 2. The van der Waals surface area contributed by atoms with Gasteiger partial charge in [0.1, 0.15) is 5.76 Å². The van der Waals surface area contributed by atoms with Crippen LogP contribution in [-0.2, 0) is 9.59 Å². The summed E-state index contributed by atoms with van der Waals surface area (Å²) in [7, 11) is 6.93. The van der Waals surface area contributed by atoms with Gasteiger partial charge < -0.3 is 24.4 Å². The van der Waals surface area contributed by atoms with Gasteiger partial charge in [-0.15, -0.1) is 0 Å². The monoisotopic (exact) mass is 504 g/mol. The Hall–Kier alpha value is -4.11. The summed E-state index contributed by atoms with van der Waals surface area (Å²) in [5.41, 5.74) is 2.38. The molecule has 1 aliphatic rings. The SMILES string of the molecule is COc1cccc([C@H]2/C(=C(\O)c3cnn(-c4ccccc4)c3C)C(=O)C(=O)N2CCCN(C)C)c1OC. The number of carbonyl (C=O) groups is 2. The van der Waals surface area contributed by atoms with Gasteiger partial charge >= 0.3 is 0 Å². The number of Topliss-reactive ketones (excluding diaryl/α,β-unsaturated/α-hetero) is 1. The normalized spacial score (nSPS) is 17.0. The molecule has 0 unspecified atom stereocenters. The summed E-state index contributed by atoms with van der Waals surface area (Å²) in [6.45, 7) is 2.87. The molecule has 37 heavy (non-hydrogen) atoms. The zero-order valence-corrected chi connectivity index (χ0v) is 21.8. The van der Waals surface area contributed by atoms with Crippen molar-refractivity contribution in [1.82, 2.24) is 19.6 Å². The number of methoxy groups -OCH3 is 2. The Morgan fingerprint density at radius 3 is 2.43 bits per heavy atom. The third-order valence-corrected chi connectivity index (χ3v) is 6.54. The summed E-state index contributed by atoms with van der Waals surface area (Å²) in [5, 5.41) is 16.0. The number of benzene rings is 2. The van der Waals surface area contributed by atoms with Crippen molar-refractivity contribution in [3.05, 3.63) is 77.1 Å². The highest BCUT2D eigenvalue weighted by Gasteiger charge is 2.47. The molecule has 0 aliphatic carbocycles. The number of aliphatic hydroxyl groups excluding tert-OH is 1. The van der Waals surface area contributed by atoms with Crippen LogP contribution in [0, 0.1) is 6.92 Å². The first-order valence-electron chi connectivity index (χ1n) is 12.0. The van der Waals surface area contributed by atoms with E-state index in [9.17, 15) is 14.7 Å². The van der Waals surface area contributed by atoms with Gasteiger partial charge in [0, 0.05) is 12.1 Å². The van der Waals surface area contributed by atoms with E-state index < -0.39 is 17.7 Å². The number of amides is 1. The third kappa shape index (κ3) is 4.82. The van der Waals surface area contributed by atoms with Crippen molar-refractivity contribution in [1.29, 1.82) is 0 Å². The molecule has 1 amide bonds. The minimum Gasteiger partial charge on any atom is -0.507 e. The molecule has 1 saturated heterocycles. The Bertz CT molecular complexity index is 1330. The molecule has 0 radical (unpaired) electrons. The number of nitrogens with zero attached hydrogens (tertiary/aromatic N) is 4. The molecule has 194 valence electrons. The lowest BCUT2D eigenvalue weighted by molar-refractivity contribution is -0.140. The molecular weight excluding hydrogens is 472 g/mol. The van der Waals surface area contributed by atoms with Crippen LogP contribution < -0.4 is 9.47 Å². The van der Waals surface area contributed by atoms with Gasteiger partial charge in [0.05, 0.1) is 49.0 Å². The second-order valence-corrected chi connectivity index (χ2v) is 9.12. The van der Waals surface area contributed by atoms with Gasteiger partial charge in [0.25, 0.3) is 11.7 Å². The molecule has 3 aromatic rings. The number of rotatable bonds is 9. The highest BCUT2D eigenvalue weighted by Crippen LogP contribution is 2.45. The van der Waals surface area contributed by atoms with Crippen LogP contribution in [0.2, 0.25) is 0 Å². The van der Waals surface area contributed by atoms with Crippen molar-refractivity contribution in [3.8, 4) is 17.2 Å². The standard InChI is InChI=1S/C28H32N4O5/c1-18-21(17-29-32(18)19-11-7-6-8-12-19)25(33)23-24(20-13-9-14-22(36-4)27(20)37-5)31(28(35)26(23)34)16-10-15-30(2)3/h6-9,11-14,17,24,33H,10,15-16H2,1-5H3/b25-23+/t24-/m0/s1. The fourth-order valence-corrected chi connectivity index (χ4v) is 4.74. The van der Waals surface area contributed by atoms with Crippen molar-refractivity contribution in [2.75, 3.05) is 41.4 Å². The molecule has 1 atom stereocenters. The minimum atomic E-state index is -0.855. The van der Waals surface area contributed by atoms with Gasteiger partial charge in [-0.3, -0.25) is 9.59 Å². The van der Waals surface area contributed by atoms with E-state index in [1.165, 1.54) is 25.3 Å². The molecule has 4 rings (SSSR count). The number of likely N-dealkylation sites (tertiary alicyclic amines) is 1. The van der Waals surface area contributed by atoms with Crippen LogP contribution in [0.1, 0.15) is 29.3 Å². The number of para-hydroxylation sites is 2. The zero-order chi connectivity index (χ0) is 26.7. The maximum absolute atomic E-state index is 13.4. The first-order valence-corrected chi connectivity index (χ1v) is 12.0. The van der Waals surface area contributed by atoms with Crippen molar-refractivity contribution in [2.24, 2.45) is 0 Å². The van der Waals surface area contributed by atoms with Crippen LogP contribution >= 0.6 is 0 Å². The fourth-order valence-electron chi connectivity index (χ4n) is 4.74. The van der Waals surface area contributed by atoms with E-state index in [-0.39, 0.29) is 11.3 Å². The van der Waals surface area contributed by atoms with Gasteiger partial charge in [-0.2, -0.15) is 5.10 Å². The second kappa shape index (κ2) is 10.9. The number of aromatic nitrogens is 2. The summed E-state index contributed by atoms with van der Waals surface area (Å²) >= 11 is 0. The van der Waals surface area contributed by atoms with Gasteiger partial charge in [-0.1, -0.05) is 30.3 Å². The highest BCUT2D eigenvalue weighted by atomic mass is 16.5. The lowest BCUT2D eigenvalue weighted by Crippen LogP contribution is -2.32. The average molecular weight is 505 g/mol. The summed E-state index contributed by atoms with van der Waals surface area (Å²) in [4.78, 5) is 30.3. The molecule has 9 nitrogen and oxygen atoms in total. The van der Waals surface area contributed by atoms with Crippen molar-refractivity contribution >= 4 is 17.4 Å². The van der Waals surface area contributed by atoms with Gasteiger partial charge in [-0.05, 0) is 52.2 Å². The second-order valence-electron chi connectivity index (χ2n) is 9.12. The van der Waals surface area contributed by atoms with E-state index in [1.807, 2.05) is 56.3 Å². The van der Waals surface area contributed by atoms with E-state index >= 15 is 0 Å². The first-order chi connectivity index (χ1) is 17.8. The maximum Gasteiger partial charge on any atom is 0.295 e. The fraction of sp³-hybridized carbons (Fsp3) is 0.321. The number of hydrogen-bond donors (Lipinski definition) is 1. The van der Waals surface area contributed by atoms with E-state index in [1.54, 1.807) is 22.9 Å². The van der Waals surface area contributed by atoms with E-state index in [2.05, 4.69) is 5.10 Å². The minimum absolute atomic E-state index is 0.00267. The quantitative estimate of drug-likeness (QED) is 0.270. The van der Waals surface area contributed by atoms with Gasteiger partial charge in [0.2, 0.25) is 0 Å². The molecule has 0 spiro atoms. The molecule has 0 bridgehead atoms. The summed E-state index contributed by atoms with van der Waals surface area (Å²) in [6, 6.07) is 13.9. The lowest BCUT2D eigenvalue weighted by Gasteiger charge is -2.27. The van der Waals surface area contributed by atoms with E-state index in [4.69, 9.17) is 9.47 Å². The topological polar surface area (TPSA) is 97.1 Å². The zero-order valence-electron chi connectivity index (χ0n) is 21.8. The summed E-state index contributed by atoms with van der Waals surface area (Å²) < 4.78 is 12.8. The number of hydrogen-bond acceptors (Lipinski definition) is 7. The van der Waals surface area contributed by atoms with E-state index in [0.717, 1.165) is 12.2 Å². The molecule has 2 aromatic carbocycles. The van der Waals surface area contributed by atoms with Gasteiger partial charge in [-0.25, -0.2) is 4.68 Å². The first kappa shape index (κ1) is 26.0. The molecule has 2 heterocycles. The van der Waals surface area contributed by atoms with Crippen LogP contribution in [0.25, 0.3) is 11.4 Å². The Kier molecular flexibility index (Phi) is 7.63. The number of ketones is 1. The highest BCUT2D eigenvalue weighted by molar-refractivity contribution is 6.46. The van der Waals surface area contributed by atoms with Crippen LogP contribution in [0.15, 0.2) is 60.3 Å². The van der Waals surface area contributed by atoms with Crippen LogP contribution in [0.3, 0.4) is 0 Å². The lowest BCUT2D eigenvalue weighted by atomic mass is 9.94. The molecule has 1 fully saturated rings. The molecule has 1 N–H and O–H groups in total. The van der Waals surface area contributed by atoms with Crippen LogP contribution in [0.5, 0.6) is 11.5 Å². The predicted octanol–water partition coefficient (Wildman–Crippen LogP) is 3.57. The van der Waals surface area contributed by atoms with Crippen molar-refractivity contribution < 1.29 is 24.2 Å².